The summed E-state index contributed by atoms with van der Waals surface area (Å²) in [5, 5.41) is 2.84. The van der Waals surface area contributed by atoms with Crippen LogP contribution < -0.4 is 5.32 Å². The maximum absolute atomic E-state index is 12.6. The van der Waals surface area contributed by atoms with Crippen molar-refractivity contribution in [3.05, 3.63) is 90.1 Å². The Balaban J connectivity index is 1.73. The van der Waals surface area contributed by atoms with E-state index < -0.39 is 5.97 Å². The quantitative estimate of drug-likeness (QED) is 0.508. The Bertz CT molecular complexity index is 997. The van der Waals surface area contributed by atoms with Crippen LogP contribution in [0.1, 0.15) is 23.0 Å². The van der Waals surface area contributed by atoms with Gasteiger partial charge in [0.05, 0.1) is 12.3 Å². The Morgan fingerprint density at radius 2 is 1.79 bits per heavy atom. The number of hydrogen-bond acceptors (Lipinski definition) is 4. The molecule has 3 aromatic rings. The van der Waals surface area contributed by atoms with E-state index in [-0.39, 0.29) is 5.91 Å². The molecule has 3 rings (SSSR count). The van der Waals surface area contributed by atoms with Crippen LogP contribution in [0.25, 0.3) is 17.3 Å². The van der Waals surface area contributed by atoms with E-state index in [0.29, 0.717) is 18.0 Å². The van der Waals surface area contributed by atoms with Gasteiger partial charge in [0.15, 0.2) is 0 Å². The van der Waals surface area contributed by atoms with Crippen molar-refractivity contribution in [3.63, 3.8) is 0 Å². The van der Waals surface area contributed by atoms with Crippen LogP contribution in [0.3, 0.4) is 0 Å². The van der Waals surface area contributed by atoms with Crippen LogP contribution in [0.4, 0.5) is 5.69 Å². The lowest BCUT2D eigenvalue weighted by atomic mass is 10.1. The van der Waals surface area contributed by atoms with Gasteiger partial charge in [0.2, 0.25) is 0 Å². The number of ether oxygens (including phenoxy) is 1. The topological polar surface area (TPSA) is 68.3 Å². The number of amides is 1. The van der Waals surface area contributed by atoms with Crippen LogP contribution in [-0.4, -0.2) is 23.5 Å². The second-order valence-corrected chi connectivity index (χ2v) is 5.94. The molecule has 0 aliphatic carbocycles. The Labute approximate surface area is 163 Å². The molecule has 0 radical (unpaired) electrons. The Hall–Kier alpha value is -3.73. The van der Waals surface area contributed by atoms with Gasteiger partial charge in [-0.25, -0.2) is 9.78 Å². The maximum Gasteiger partial charge on any atom is 0.330 e. The average molecular weight is 372 g/mol. The molecule has 0 saturated carbocycles. The summed E-state index contributed by atoms with van der Waals surface area (Å²) in [7, 11) is 0. The number of rotatable bonds is 6. The van der Waals surface area contributed by atoms with Crippen molar-refractivity contribution in [2.45, 2.75) is 6.92 Å². The summed E-state index contributed by atoms with van der Waals surface area (Å²) in [5.41, 5.74) is 3.40. The van der Waals surface area contributed by atoms with Gasteiger partial charge in [-0.05, 0) is 42.8 Å². The minimum atomic E-state index is -0.404. The molecular formula is C23H20N2O3. The fourth-order valence-corrected chi connectivity index (χ4v) is 2.60. The summed E-state index contributed by atoms with van der Waals surface area (Å²) < 4.78 is 4.86. The van der Waals surface area contributed by atoms with Crippen molar-refractivity contribution >= 4 is 23.6 Å². The summed E-state index contributed by atoms with van der Waals surface area (Å²) in [5.74, 6) is -0.705. The van der Waals surface area contributed by atoms with Gasteiger partial charge in [-0.15, -0.1) is 0 Å². The van der Waals surface area contributed by atoms with Crippen molar-refractivity contribution in [1.29, 1.82) is 0 Å². The molecule has 28 heavy (non-hydrogen) atoms. The van der Waals surface area contributed by atoms with Gasteiger partial charge in [-0.1, -0.05) is 48.5 Å². The lowest BCUT2D eigenvalue weighted by Gasteiger charge is -2.07. The molecule has 0 aliphatic heterocycles. The highest BCUT2D eigenvalue weighted by molar-refractivity contribution is 6.03. The molecule has 0 bridgehead atoms. The molecule has 0 saturated heterocycles. The first-order valence-electron chi connectivity index (χ1n) is 8.94. The van der Waals surface area contributed by atoms with E-state index in [0.717, 1.165) is 16.8 Å². The van der Waals surface area contributed by atoms with E-state index in [1.165, 1.54) is 6.08 Å². The second kappa shape index (κ2) is 9.28. The number of nitrogens with one attached hydrogen (secondary N) is 1. The molecular weight excluding hydrogens is 352 g/mol. The number of anilines is 1. The zero-order valence-corrected chi connectivity index (χ0v) is 15.5. The first-order chi connectivity index (χ1) is 13.7. The maximum atomic E-state index is 12.6. The average Bonchev–Trinajstić information content (AvgIpc) is 2.73. The molecule has 1 heterocycles. The summed E-state index contributed by atoms with van der Waals surface area (Å²) in [6.45, 7) is 2.08. The van der Waals surface area contributed by atoms with Crippen molar-refractivity contribution in [2.75, 3.05) is 11.9 Å². The highest BCUT2D eigenvalue weighted by Crippen LogP contribution is 2.18. The van der Waals surface area contributed by atoms with Crippen molar-refractivity contribution < 1.29 is 14.3 Å². The summed E-state index contributed by atoms with van der Waals surface area (Å²) in [6, 6.07) is 22.2. The van der Waals surface area contributed by atoms with Gasteiger partial charge < -0.3 is 10.1 Å². The third-order valence-electron chi connectivity index (χ3n) is 3.89. The van der Waals surface area contributed by atoms with Crippen LogP contribution in [0.2, 0.25) is 0 Å². The second-order valence-electron chi connectivity index (χ2n) is 5.94. The first-order valence-corrected chi connectivity index (χ1v) is 8.94. The lowest BCUT2D eigenvalue weighted by Crippen LogP contribution is -2.13. The summed E-state index contributed by atoms with van der Waals surface area (Å²) in [4.78, 5) is 28.5. The highest BCUT2D eigenvalue weighted by atomic mass is 16.5. The van der Waals surface area contributed by atoms with Crippen LogP contribution in [0.15, 0.2) is 78.9 Å². The molecule has 0 fully saturated rings. The number of nitrogens with zero attached hydrogens (tertiary/aromatic N) is 1. The number of carbonyl (C=O) groups excluding carboxylic acids is 2. The third-order valence-corrected chi connectivity index (χ3v) is 3.89. The molecule has 0 atom stereocenters. The number of carbonyl (C=O) groups is 2. The predicted octanol–water partition coefficient (Wildman–Crippen LogP) is 4.58. The molecule has 0 aliphatic rings. The van der Waals surface area contributed by atoms with E-state index in [2.05, 4.69) is 10.3 Å². The summed E-state index contributed by atoms with van der Waals surface area (Å²) >= 11 is 0. The van der Waals surface area contributed by atoms with E-state index in [1.807, 2.05) is 48.5 Å². The lowest BCUT2D eigenvalue weighted by molar-refractivity contribution is -0.137. The number of aromatic nitrogens is 1. The molecule has 2 aromatic carbocycles. The largest absolute Gasteiger partial charge is 0.463 e. The SMILES string of the molecule is CCOC(=O)/C=C/c1cccc(NC(=O)c2cccc(-c3ccccc3)n2)c1. The van der Waals surface area contributed by atoms with Gasteiger partial charge in [-0.3, -0.25) is 4.79 Å². The van der Waals surface area contributed by atoms with Gasteiger partial charge in [0, 0.05) is 17.3 Å². The molecule has 140 valence electrons. The standard InChI is InChI=1S/C23H20N2O3/c1-2-28-22(26)15-14-17-8-6-11-19(16-17)24-23(27)21-13-7-12-20(25-21)18-9-4-3-5-10-18/h3-16H,2H2,1H3,(H,24,27)/b15-14+. The molecule has 5 heteroatoms. The minimum Gasteiger partial charge on any atom is -0.463 e. The van der Waals surface area contributed by atoms with E-state index >= 15 is 0 Å². The fourth-order valence-electron chi connectivity index (χ4n) is 2.60. The van der Waals surface area contributed by atoms with Crippen LogP contribution in [0, 0.1) is 0 Å². The number of pyridine rings is 1. The van der Waals surface area contributed by atoms with Crippen molar-refractivity contribution in [3.8, 4) is 11.3 Å². The Morgan fingerprint density at radius 3 is 2.57 bits per heavy atom. The normalized spacial score (nSPS) is 10.6. The van der Waals surface area contributed by atoms with E-state index in [9.17, 15) is 9.59 Å². The summed E-state index contributed by atoms with van der Waals surface area (Å²) in [6.07, 6.45) is 3.00. The third kappa shape index (κ3) is 5.14. The van der Waals surface area contributed by atoms with Crippen molar-refractivity contribution in [1.82, 2.24) is 4.98 Å². The van der Waals surface area contributed by atoms with Crippen LogP contribution >= 0.6 is 0 Å². The smallest absolute Gasteiger partial charge is 0.330 e. The molecule has 5 nitrogen and oxygen atoms in total. The number of esters is 1. The van der Waals surface area contributed by atoms with E-state index in [1.54, 1.807) is 37.3 Å². The zero-order chi connectivity index (χ0) is 19.8. The fraction of sp³-hybridized carbons (Fsp3) is 0.0870. The number of benzene rings is 2. The van der Waals surface area contributed by atoms with Gasteiger partial charge in [0.1, 0.15) is 5.69 Å². The Morgan fingerprint density at radius 1 is 1.00 bits per heavy atom. The molecule has 0 spiro atoms. The van der Waals surface area contributed by atoms with Crippen LogP contribution in [0.5, 0.6) is 0 Å². The Kier molecular flexibility index (Phi) is 6.31. The van der Waals surface area contributed by atoms with Crippen molar-refractivity contribution in [2.24, 2.45) is 0 Å². The monoisotopic (exact) mass is 372 g/mol. The van der Waals surface area contributed by atoms with Gasteiger partial charge in [-0.2, -0.15) is 0 Å². The molecule has 0 unspecified atom stereocenters. The zero-order valence-electron chi connectivity index (χ0n) is 15.5. The first kappa shape index (κ1) is 19.0. The molecule has 1 aromatic heterocycles. The van der Waals surface area contributed by atoms with Gasteiger partial charge >= 0.3 is 5.97 Å². The highest BCUT2D eigenvalue weighted by Gasteiger charge is 2.09. The predicted molar refractivity (Wildman–Crippen MR) is 110 cm³/mol. The molecule has 1 amide bonds. The molecule has 1 N–H and O–H groups in total. The minimum absolute atomic E-state index is 0.302. The van der Waals surface area contributed by atoms with Gasteiger partial charge in [0.25, 0.3) is 5.91 Å². The van der Waals surface area contributed by atoms with E-state index in [4.69, 9.17) is 4.74 Å². The number of hydrogen-bond donors (Lipinski definition) is 1. The van der Waals surface area contributed by atoms with Crippen LogP contribution in [-0.2, 0) is 9.53 Å².